The summed E-state index contributed by atoms with van der Waals surface area (Å²) in [4.78, 5) is 11.0. The lowest BCUT2D eigenvalue weighted by atomic mass is 10.3. The molecule has 0 fully saturated rings. The second kappa shape index (κ2) is 5.09. The van der Waals surface area contributed by atoms with Gasteiger partial charge in [-0.1, -0.05) is 0 Å². The van der Waals surface area contributed by atoms with E-state index in [-0.39, 0.29) is 11.9 Å². The van der Waals surface area contributed by atoms with Crippen LogP contribution in [0.5, 0.6) is 0 Å². The molecule has 0 aliphatic carbocycles. The molecule has 4 nitrogen and oxygen atoms in total. The van der Waals surface area contributed by atoms with Gasteiger partial charge in [0, 0.05) is 6.54 Å². The molecule has 0 aromatic carbocycles. The summed E-state index contributed by atoms with van der Waals surface area (Å²) in [6.07, 6.45) is -0.483. The highest BCUT2D eigenvalue weighted by molar-refractivity contribution is 5.81. The zero-order valence-electron chi connectivity index (χ0n) is 7.22. The van der Waals surface area contributed by atoms with Crippen molar-refractivity contribution in [2.75, 3.05) is 13.6 Å². The van der Waals surface area contributed by atoms with Crippen molar-refractivity contribution in [1.29, 1.82) is 0 Å². The van der Waals surface area contributed by atoms with Crippen LogP contribution in [0.15, 0.2) is 0 Å². The molecule has 0 rings (SSSR count). The van der Waals surface area contributed by atoms with Crippen molar-refractivity contribution in [1.82, 2.24) is 10.6 Å². The van der Waals surface area contributed by atoms with Gasteiger partial charge in [-0.25, -0.2) is 0 Å². The third kappa shape index (κ3) is 4.75. The Hall–Kier alpha value is -0.610. The first-order chi connectivity index (χ1) is 5.07. The van der Waals surface area contributed by atoms with E-state index in [9.17, 15) is 4.79 Å². The van der Waals surface area contributed by atoms with Crippen LogP contribution >= 0.6 is 0 Å². The van der Waals surface area contributed by atoms with Gasteiger partial charge < -0.3 is 15.7 Å². The first-order valence-corrected chi connectivity index (χ1v) is 3.71. The van der Waals surface area contributed by atoms with E-state index in [1.165, 1.54) is 0 Å². The van der Waals surface area contributed by atoms with Crippen LogP contribution < -0.4 is 10.6 Å². The molecule has 4 heteroatoms. The lowest BCUT2D eigenvalue weighted by Gasteiger charge is -2.11. The molecule has 0 saturated carbocycles. The Morgan fingerprint density at radius 1 is 1.55 bits per heavy atom. The second-order valence-corrected chi connectivity index (χ2v) is 2.60. The fourth-order valence-corrected chi connectivity index (χ4v) is 0.532. The third-order valence-electron chi connectivity index (χ3n) is 1.40. The minimum absolute atomic E-state index is 0.0894. The summed E-state index contributed by atoms with van der Waals surface area (Å²) in [6.45, 7) is 3.70. The van der Waals surface area contributed by atoms with Crippen LogP contribution in [0.25, 0.3) is 0 Å². The number of rotatable bonds is 4. The number of likely N-dealkylation sites (N-methyl/N-ethyl adjacent to an activating group) is 1. The first kappa shape index (κ1) is 10.4. The van der Waals surface area contributed by atoms with Gasteiger partial charge in [0.05, 0.1) is 12.1 Å². The Labute approximate surface area is 67.0 Å². The SMILES string of the molecule is CNC(C)C(=O)NC[C@@H](C)O. The van der Waals surface area contributed by atoms with E-state index in [1.54, 1.807) is 20.9 Å². The van der Waals surface area contributed by atoms with Crippen LogP contribution in [0.2, 0.25) is 0 Å². The van der Waals surface area contributed by atoms with Gasteiger partial charge in [-0.05, 0) is 20.9 Å². The molecule has 0 radical (unpaired) electrons. The molecule has 2 atom stereocenters. The number of amides is 1. The molecular weight excluding hydrogens is 144 g/mol. The Kier molecular flexibility index (Phi) is 4.81. The molecule has 0 bridgehead atoms. The Morgan fingerprint density at radius 2 is 2.09 bits per heavy atom. The van der Waals surface area contributed by atoms with Crippen molar-refractivity contribution in [2.45, 2.75) is 26.0 Å². The molecule has 0 aromatic rings. The Balaban J connectivity index is 3.52. The van der Waals surface area contributed by atoms with Gasteiger partial charge in [0.25, 0.3) is 0 Å². The molecule has 1 unspecified atom stereocenters. The average molecular weight is 160 g/mol. The zero-order chi connectivity index (χ0) is 8.85. The molecule has 11 heavy (non-hydrogen) atoms. The van der Waals surface area contributed by atoms with Crippen molar-refractivity contribution in [3.8, 4) is 0 Å². The van der Waals surface area contributed by atoms with Gasteiger partial charge in [0.2, 0.25) is 5.91 Å². The van der Waals surface area contributed by atoms with Crippen molar-refractivity contribution < 1.29 is 9.90 Å². The topological polar surface area (TPSA) is 61.4 Å². The van der Waals surface area contributed by atoms with Crippen molar-refractivity contribution in [3.05, 3.63) is 0 Å². The lowest BCUT2D eigenvalue weighted by Crippen LogP contribution is -2.42. The maximum Gasteiger partial charge on any atom is 0.236 e. The first-order valence-electron chi connectivity index (χ1n) is 3.71. The predicted molar refractivity (Wildman–Crippen MR) is 43.2 cm³/mol. The summed E-state index contributed by atoms with van der Waals surface area (Å²) in [6, 6.07) is -0.200. The molecular formula is C7H16N2O2. The summed E-state index contributed by atoms with van der Waals surface area (Å²) in [5.74, 6) is -0.0894. The smallest absolute Gasteiger partial charge is 0.236 e. The normalized spacial score (nSPS) is 15.6. The van der Waals surface area contributed by atoms with Crippen molar-refractivity contribution >= 4 is 5.91 Å². The van der Waals surface area contributed by atoms with E-state index in [0.717, 1.165) is 0 Å². The summed E-state index contributed by atoms with van der Waals surface area (Å²) < 4.78 is 0. The van der Waals surface area contributed by atoms with Crippen LogP contribution in [0, 0.1) is 0 Å². The average Bonchev–Trinajstić information content (AvgIpc) is 1.98. The van der Waals surface area contributed by atoms with Gasteiger partial charge in [0.15, 0.2) is 0 Å². The number of nitrogens with one attached hydrogen (secondary N) is 2. The fourth-order valence-electron chi connectivity index (χ4n) is 0.532. The quantitative estimate of drug-likeness (QED) is 0.499. The van der Waals surface area contributed by atoms with Crippen LogP contribution in [-0.4, -0.2) is 36.8 Å². The van der Waals surface area contributed by atoms with Crippen molar-refractivity contribution in [2.24, 2.45) is 0 Å². The monoisotopic (exact) mass is 160 g/mol. The summed E-state index contributed by atoms with van der Waals surface area (Å²) in [5.41, 5.74) is 0. The highest BCUT2D eigenvalue weighted by Crippen LogP contribution is 1.80. The molecule has 0 heterocycles. The largest absolute Gasteiger partial charge is 0.392 e. The van der Waals surface area contributed by atoms with E-state index in [0.29, 0.717) is 6.54 Å². The number of carbonyl (C=O) groups is 1. The van der Waals surface area contributed by atoms with E-state index in [4.69, 9.17) is 5.11 Å². The maximum absolute atomic E-state index is 11.0. The van der Waals surface area contributed by atoms with Gasteiger partial charge >= 0.3 is 0 Å². The number of aliphatic hydroxyl groups excluding tert-OH is 1. The predicted octanol–water partition coefficient (Wildman–Crippen LogP) is -0.909. The molecule has 66 valence electrons. The van der Waals surface area contributed by atoms with Gasteiger partial charge in [0.1, 0.15) is 0 Å². The van der Waals surface area contributed by atoms with Crippen LogP contribution in [-0.2, 0) is 4.79 Å². The number of carbonyl (C=O) groups excluding carboxylic acids is 1. The van der Waals surface area contributed by atoms with Gasteiger partial charge in [-0.2, -0.15) is 0 Å². The second-order valence-electron chi connectivity index (χ2n) is 2.60. The van der Waals surface area contributed by atoms with E-state index >= 15 is 0 Å². The minimum atomic E-state index is -0.483. The summed E-state index contributed by atoms with van der Waals surface area (Å²) in [7, 11) is 1.71. The van der Waals surface area contributed by atoms with Crippen LogP contribution in [0.1, 0.15) is 13.8 Å². The lowest BCUT2D eigenvalue weighted by molar-refractivity contribution is -0.123. The van der Waals surface area contributed by atoms with E-state index in [1.807, 2.05) is 0 Å². The third-order valence-corrected chi connectivity index (χ3v) is 1.40. The Bertz CT molecular complexity index is 126. The molecule has 3 N–H and O–H groups in total. The molecule has 0 spiro atoms. The van der Waals surface area contributed by atoms with Crippen LogP contribution in [0.3, 0.4) is 0 Å². The molecule has 0 aromatic heterocycles. The number of hydrogen-bond donors (Lipinski definition) is 3. The molecule has 0 aliphatic rings. The van der Waals surface area contributed by atoms with Gasteiger partial charge in [-0.15, -0.1) is 0 Å². The minimum Gasteiger partial charge on any atom is -0.392 e. The number of aliphatic hydroxyl groups is 1. The Morgan fingerprint density at radius 3 is 2.45 bits per heavy atom. The van der Waals surface area contributed by atoms with Crippen LogP contribution in [0.4, 0.5) is 0 Å². The van der Waals surface area contributed by atoms with E-state index in [2.05, 4.69) is 10.6 Å². The highest BCUT2D eigenvalue weighted by Gasteiger charge is 2.09. The standard InChI is InChI=1S/C7H16N2O2/c1-5(10)4-9-7(11)6(2)8-3/h5-6,8,10H,4H2,1-3H3,(H,9,11)/t5-,6?/m1/s1. The van der Waals surface area contributed by atoms with Crippen molar-refractivity contribution in [3.63, 3.8) is 0 Å². The highest BCUT2D eigenvalue weighted by atomic mass is 16.3. The summed E-state index contributed by atoms with van der Waals surface area (Å²) >= 11 is 0. The fraction of sp³-hybridized carbons (Fsp3) is 0.857. The number of hydrogen-bond acceptors (Lipinski definition) is 3. The maximum atomic E-state index is 11.0. The zero-order valence-corrected chi connectivity index (χ0v) is 7.22. The molecule has 0 aliphatic heterocycles. The molecule has 1 amide bonds. The molecule has 0 saturated heterocycles. The summed E-state index contributed by atoms with van der Waals surface area (Å²) in [5, 5.41) is 14.2. The van der Waals surface area contributed by atoms with Gasteiger partial charge in [-0.3, -0.25) is 4.79 Å². The van der Waals surface area contributed by atoms with E-state index < -0.39 is 6.10 Å².